The number of nitrogens with zero attached hydrogens (tertiary/aromatic N) is 2. The molecule has 2 aromatic carbocycles. The predicted molar refractivity (Wildman–Crippen MR) is 75.7 cm³/mol. The number of rotatable bonds is 4. The van der Waals surface area contributed by atoms with Crippen LogP contribution >= 0.6 is 0 Å². The molecule has 11 heteroatoms. The van der Waals surface area contributed by atoms with Crippen LogP contribution < -0.4 is 9.46 Å². The molecular weight excluding hydrogens is 351 g/mol. The smallest absolute Gasteiger partial charge is 0.404 e. The standard InChI is InChI=1S/C13H8F3N3O4S/c14-13(15,16)22-10-6-2-1-4-8(10)19-24(20,21)11-7-3-5-9-12(11)18-23-17-9/h1-7,19H. The second kappa shape index (κ2) is 5.67. The second-order valence-electron chi connectivity index (χ2n) is 4.54. The van der Waals surface area contributed by atoms with Crippen molar-refractivity contribution in [3.8, 4) is 5.75 Å². The molecule has 0 aliphatic heterocycles. The van der Waals surface area contributed by atoms with Gasteiger partial charge in [-0.25, -0.2) is 13.0 Å². The number of para-hydroxylation sites is 2. The third-order valence-corrected chi connectivity index (χ3v) is 4.29. The number of sulfonamides is 1. The van der Waals surface area contributed by atoms with Crippen molar-refractivity contribution in [1.82, 2.24) is 10.3 Å². The summed E-state index contributed by atoms with van der Waals surface area (Å²) in [6.07, 6.45) is -4.96. The van der Waals surface area contributed by atoms with Gasteiger partial charge in [0.2, 0.25) is 0 Å². The van der Waals surface area contributed by atoms with E-state index in [2.05, 4.69) is 19.7 Å². The van der Waals surface area contributed by atoms with Crippen LogP contribution in [0.3, 0.4) is 0 Å². The van der Waals surface area contributed by atoms with E-state index in [-0.39, 0.29) is 21.6 Å². The lowest BCUT2D eigenvalue weighted by Crippen LogP contribution is -2.20. The topological polar surface area (TPSA) is 94.3 Å². The summed E-state index contributed by atoms with van der Waals surface area (Å²) in [5.41, 5.74) is -0.222. The Morgan fingerprint density at radius 2 is 1.79 bits per heavy atom. The number of fused-ring (bicyclic) bond motifs is 1. The Hall–Kier alpha value is -2.82. The average molecular weight is 359 g/mol. The van der Waals surface area contributed by atoms with Crippen LogP contribution in [0, 0.1) is 0 Å². The largest absolute Gasteiger partial charge is 0.573 e. The number of benzene rings is 2. The van der Waals surface area contributed by atoms with Crippen molar-refractivity contribution in [2.45, 2.75) is 11.3 Å². The van der Waals surface area contributed by atoms with Gasteiger partial charge in [0.15, 0.2) is 11.3 Å². The first-order chi connectivity index (χ1) is 11.3. The number of hydrogen-bond acceptors (Lipinski definition) is 6. The molecular formula is C13H8F3N3O4S. The summed E-state index contributed by atoms with van der Waals surface area (Å²) in [7, 11) is -4.25. The summed E-state index contributed by atoms with van der Waals surface area (Å²) in [4.78, 5) is -0.289. The molecule has 0 spiro atoms. The van der Waals surface area contributed by atoms with Gasteiger partial charge >= 0.3 is 6.36 Å². The molecule has 0 unspecified atom stereocenters. The highest BCUT2D eigenvalue weighted by molar-refractivity contribution is 7.93. The number of hydrogen-bond donors (Lipinski definition) is 1. The molecule has 0 saturated carbocycles. The molecule has 1 N–H and O–H groups in total. The molecule has 0 atom stereocenters. The van der Waals surface area contributed by atoms with Gasteiger partial charge in [-0.15, -0.1) is 13.2 Å². The first-order valence-corrected chi connectivity index (χ1v) is 7.83. The highest BCUT2D eigenvalue weighted by Crippen LogP contribution is 2.32. The van der Waals surface area contributed by atoms with Gasteiger partial charge in [-0.05, 0) is 34.6 Å². The SMILES string of the molecule is O=S(=O)(Nc1ccccc1OC(F)(F)F)c1cccc2nonc12. The third-order valence-electron chi connectivity index (χ3n) is 2.90. The zero-order valence-electron chi connectivity index (χ0n) is 11.6. The fourth-order valence-electron chi connectivity index (χ4n) is 1.96. The summed E-state index contributed by atoms with van der Waals surface area (Å²) in [6, 6.07) is 8.87. The predicted octanol–water partition coefficient (Wildman–Crippen LogP) is 2.92. The Bertz CT molecular complexity index is 985. The number of anilines is 1. The first kappa shape index (κ1) is 16.1. The molecule has 0 aliphatic carbocycles. The maximum atomic E-state index is 12.5. The molecule has 0 aliphatic rings. The van der Waals surface area contributed by atoms with E-state index in [0.29, 0.717) is 0 Å². The lowest BCUT2D eigenvalue weighted by atomic mass is 10.3. The highest BCUT2D eigenvalue weighted by Gasteiger charge is 2.32. The number of nitrogens with one attached hydrogen (secondary N) is 1. The average Bonchev–Trinajstić information content (AvgIpc) is 2.95. The Labute approximate surface area is 133 Å². The second-order valence-corrected chi connectivity index (χ2v) is 6.19. The van der Waals surface area contributed by atoms with E-state index in [1.807, 2.05) is 4.72 Å². The van der Waals surface area contributed by atoms with Crippen LogP contribution in [0.15, 0.2) is 52.0 Å². The summed E-state index contributed by atoms with van der Waals surface area (Å²) < 4.78 is 72.5. The van der Waals surface area contributed by atoms with Crippen molar-refractivity contribution < 1.29 is 31.0 Å². The van der Waals surface area contributed by atoms with Crippen LogP contribution in [-0.4, -0.2) is 25.1 Å². The quantitative estimate of drug-likeness (QED) is 0.770. The van der Waals surface area contributed by atoms with Crippen molar-refractivity contribution in [3.05, 3.63) is 42.5 Å². The van der Waals surface area contributed by atoms with Crippen molar-refractivity contribution in [1.29, 1.82) is 0 Å². The van der Waals surface area contributed by atoms with E-state index in [0.717, 1.165) is 12.1 Å². The minimum absolute atomic E-state index is 0.0424. The van der Waals surface area contributed by atoms with E-state index in [9.17, 15) is 21.6 Å². The van der Waals surface area contributed by atoms with Gasteiger partial charge in [-0.3, -0.25) is 4.72 Å². The van der Waals surface area contributed by atoms with Crippen LogP contribution in [-0.2, 0) is 10.0 Å². The van der Waals surface area contributed by atoms with E-state index >= 15 is 0 Å². The molecule has 0 amide bonds. The maximum absolute atomic E-state index is 12.5. The molecule has 0 radical (unpaired) electrons. The van der Waals surface area contributed by atoms with Gasteiger partial charge in [-0.2, -0.15) is 0 Å². The van der Waals surface area contributed by atoms with Crippen LogP contribution in [0.2, 0.25) is 0 Å². The van der Waals surface area contributed by atoms with Crippen molar-refractivity contribution in [3.63, 3.8) is 0 Å². The number of halogens is 3. The van der Waals surface area contributed by atoms with E-state index < -0.39 is 22.1 Å². The van der Waals surface area contributed by atoms with E-state index in [1.165, 1.54) is 30.3 Å². The van der Waals surface area contributed by atoms with Crippen molar-refractivity contribution in [2.24, 2.45) is 0 Å². The summed E-state index contributed by atoms with van der Waals surface area (Å²) >= 11 is 0. The van der Waals surface area contributed by atoms with E-state index in [1.54, 1.807) is 0 Å². The monoisotopic (exact) mass is 359 g/mol. The fourth-order valence-corrected chi connectivity index (χ4v) is 3.18. The number of aromatic nitrogens is 2. The summed E-state index contributed by atoms with van der Waals surface area (Å²) in [6.45, 7) is 0. The molecule has 7 nitrogen and oxygen atoms in total. The lowest BCUT2D eigenvalue weighted by molar-refractivity contribution is -0.274. The first-order valence-electron chi connectivity index (χ1n) is 6.35. The van der Waals surface area contributed by atoms with Gasteiger partial charge in [-0.1, -0.05) is 18.2 Å². The lowest BCUT2D eigenvalue weighted by Gasteiger charge is -2.14. The summed E-state index contributed by atoms with van der Waals surface area (Å²) in [5.74, 6) is -0.681. The summed E-state index contributed by atoms with van der Waals surface area (Å²) in [5, 5.41) is 7.01. The number of ether oxygens (including phenoxy) is 1. The molecule has 0 saturated heterocycles. The molecule has 3 rings (SSSR count). The minimum atomic E-state index is -4.96. The van der Waals surface area contributed by atoms with Crippen LogP contribution in [0.25, 0.3) is 11.0 Å². The van der Waals surface area contributed by atoms with E-state index in [4.69, 9.17) is 0 Å². The van der Waals surface area contributed by atoms with Gasteiger partial charge in [0.25, 0.3) is 10.0 Å². The Balaban J connectivity index is 2.00. The Morgan fingerprint density at radius 1 is 1.04 bits per heavy atom. The van der Waals surface area contributed by atoms with Gasteiger partial charge in [0.1, 0.15) is 10.4 Å². The fraction of sp³-hybridized carbons (Fsp3) is 0.0769. The Kier molecular flexibility index (Phi) is 3.79. The van der Waals surface area contributed by atoms with Crippen molar-refractivity contribution in [2.75, 3.05) is 4.72 Å². The van der Waals surface area contributed by atoms with Crippen LogP contribution in [0.1, 0.15) is 0 Å². The molecule has 24 heavy (non-hydrogen) atoms. The van der Waals surface area contributed by atoms with Crippen LogP contribution in [0.4, 0.5) is 18.9 Å². The molecule has 1 aromatic heterocycles. The molecule has 0 bridgehead atoms. The number of alkyl halides is 3. The normalized spacial score (nSPS) is 12.3. The minimum Gasteiger partial charge on any atom is -0.404 e. The Morgan fingerprint density at radius 3 is 2.54 bits per heavy atom. The zero-order chi connectivity index (χ0) is 17.4. The van der Waals surface area contributed by atoms with Crippen LogP contribution in [0.5, 0.6) is 5.75 Å². The van der Waals surface area contributed by atoms with Gasteiger partial charge in [0.05, 0.1) is 5.69 Å². The maximum Gasteiger partial charge on any atom is 0.573 e. The molecule has 0 fully saturated rings. The van der Waals surface area contributed by atoms with Crippen molar-refractivity contribution >= 4 is 26.7 Å². The molecule has 1 heterocycles. The zero-order valence-corrected chi connectivity index (χ0v) is 12.4. The molecule has 126 valence electrons. The third kappa shape index (κ3) is 3.25. The van der Waals surface area contributed by atoms with Gasteiger partial charge < -0.3 is 4.74 Å². The van der Waals surface area contributed by atoms with Gasteiger partial charge in [0, 0.05) is 0 Å². The highest BCUT2D eigenvalue weighted by atomic mass is 32.2. The molecule has 3 aromatic rings.